The van der Waals surface area contributed by atoms with Crippen LogP contribution < -0.4 is 0 Å². The van der Waals surface area contributed by atoms with Crippen molar-refractivity contribution in [3.63, 3.8) is 0 Å². The molecule has 1 saturated heterocycles. The number of rotatable bonds is 4. The molecule has 1 amide bonds. The van der Waals surface area contributed by atoms with Crippen LogP contribution in [0.2, 0.25) is 0 Å². The zero-order valence-corrected chi connectivity index (χ0v) is 14.7. The first kappa shape index (κ1) is 15.7. The number of thiophene rings is 1. The number of amides is 1. The summed E-state index contributed by atoms with van der Waals surface area (Å²) in [7, 11) is 0. The Morgan fingerprint density at radius 3 is 2.58 bits per heavy atom. The van der Waals surface area contributed by atoms with Crippen LogP contribution in [0.15, 0.2) is 18.5 Å². The Hall–Kier alpha value is -1.82. The third kappa shape index (κ3) is 2.95. The number of hydrogen-bond donors (Lipinski definition) is 0. The standard InChI is InChI=1S/C18H22N2O3S/c1-2-23-18(22)12-5-7-19(8-6-12)17(21)15-9-13-10-20(14-3-4-14)11-16(13)24-15/h9-12,14H,2-8H2,1H3. The molecular formula is C18H22N2O3S. The summed E-state index contributed by atoms with van der Waals surface area (Å²) >= 11 is 1.58. The van der Waals surface area contributed by atoms with Crippen molar-refractivity contribution in [3.8, 4) is 0 Å². The topological polar surface area (TPSA) is 51.5 Å². The lowest BCUT2D eigenvalue weighted by molar-refractivity contribution is -0.149. The van der Waals surface area contributed by atoms with Gasteiger partial charge in [0, 0.05) is 36.9 Å². The molecule has 5 nitrogen and oxygen atoms in total. The molecule has 24 heavy (non-hydrogen) atoms. The van der Waals surface area contributed by atoms with Gasteiger partial charge in [-0.1, -0.05) is 0 Å². The van der Waals surface area contributed by atoms with E-state index in [0.29, 0.717) is 38.6 Å². The number of fused-ring (bicyclic) bond motifs is 1. The second-order valence-electron chi connectivity index (χ2n) is 6.69. The number of hydrogen-bond acceptors (Lipinski definition) is 4. The minimum Gasteiger partial charge on any atom is -0.466 e. The van der Waals surface area contributed by atoms with E-state index < -0.39 is 0 Å². The number of nitrogens with zero attached hydrogens (tertiary/aromatic N) is 2. The number of carbonyl (C=O) groups is 2. The van der Waals surface area contributed by atoms with Crippen LogP contribution in [0.3, 0.4) is 0 Å². The van der Waals surface area contributed by atoms with Crippen LogP contribution in [0, 0.1) is 5.92 Å². The molecule has 1 aliphatic carbocycles. The highest BCUT2D eigenvalue weighted by atomic mass is 32.1. The number of ether oxygens (including phenoxy) is 1. The highest BCUT2D eigenvalue weighted by molar-refractivity contribution is 7.20. The van der Waals surface area contributed by atoms with Crippen LogP contribution in [-0.4, -0.2) is 41.0 Å². The summed E-state index contributed by atoms with van der Waals surface area (Å²) in [5.41, 5.74) is 0. The largest absolute Gasteiger partial charge is 0.466 e. The van der Waals surface area contributed by atoms with E-state index in [4.69, 9.17) is 4.74 Å². The highest BCUT2D eigenvalue weighted by Crippen LogP contribution is 2.38. The third-order valence-corrected chi connectivity index (χ3v) is 6.00. The lowest BCUT2D eigenvalue weighted by atomic mass is 9.97. The normalized spacial score (nSPS) is 19.0. The number of piperidine rings is 1. The van der Waals surface area contributed by atoms with Crippen molar-refractivity contribution >= 4 is 33.3 Å². The van der Waals surface area contributed by atoms with Crippen molar-refractivity contribution < 1.29 is 14.3 Å². The second-order valence-corrected chi connectivity index (χ2v) is 7.77. The monoisotopic (exact) mass is 346 g/mol. The molecule has 1 aliphatic heterocycles. The Balaban J connectivity index is 1.40. The number of carbonyl (C=O) groups excluding carboxylic acids is 2. The summed E-state index contributed by atoms with van der Waals surface area (Å²) in [5.74, 6) is -0.0864. The molecule has 6 heteroatoms. The highest BCUT2D eigenvalue weighted by Gasteiger charge is 2.29. The van der Waals surface area contributed by atoms with Gasteiger partial charge in [-0.2, -0.15) is 0 Å². The molecule has 0 unspecified atom stereocenters. The molecule has 0 aromatic carbocycles. The Kier molecular flexibility index (Phi) is 4.08. The van der Waals surface area contributed by atoms with E-state index >= 15 is 0 Å². The predicted octanol–water partition coefficient (Wildman–Crippen LogP) is 3.45. The molecule has 0 radical (unpaired) electrons. The summed E-state index contributed by atoms with van der Waals surface area (Å²) < 4.78 is 8.55. The maximum atomic E-state index is 12.7. The van der Waals surface area contributed by atoms with Gasteiger partial charge in [-0.15, -0.1) is 11.3 Å². The molecule has 0 N–H and O–H groups in total. The molecule has 2 aliphatic rings. The van der Waals surface area contributed by atoms with E-state index in [1.807, 2.05) is 17.9 Å². The maximum absolute atomic E-state index is 12.7. The van der Waals surface area contributed by atoms with Gasteiger partial charge >= 0.3 is 5.97 Å². The van der Waals surface area contributed by atoms with Crippen LogP contribution in [0.5, 0.6) is 0 Å². The molecule has 0 spiro atoms. The van der Waals surface area contributed by atoms with Crippen molar-refractivity contribution in [2.45, 2.75) is 38.6 Å². The molecule has 0 atom stereocenters. The summed E-state index contributed by atoms with van der Waals surface area (Å²) in [6.07, 6.45) is 8.26. The summed E-state index contributed by atoms with van der Waals surface area (Å²) in [6.45, 7) is 3.51. The number of likely N-dealkylation sites (tertiary alicyclic amines) is 1. The Labute approximate surface area is 145 Å². The summed E-state index contributed by atoms with van der Waals surface area (Å²) in [4.78, 5) is 27.2. The minimum absolute atomic E-state index is 0.0592. The average molecular weight is 346 g/mol. The molecule has 4 rings (SSSR count). The van der Waals surface area contributed by atoms with Crippen molar-refractivity contribution in [3.05, 3.63) is 23.3 Å². The van der Waals surface area contributed by atoms with Gasteiger partial charge < -0.3 is 14.2 Å². The molecule has 2 fully saturated rings. The zero-order valence-electron chi connectivity index (χ0n) is 13.9. The summed E-state index contributed by atoms with van der Waals surface area (Å²) in [6, 6.07) is 2.68. The van der Waals surface area contributed by atoms with E-state index in [9.17, 15) is 9.59 Å². The van der Waals surface area contributed by atoms with Crippen molar-refractivity contribution in [2.24, 2.45) is 5.92 Å². The molecule has 2 aromatic heterocycles. The quantitative estimate of drug-likeness (QED) is 0.797. The van der Waals surface area contributed by atoms with Crippen LogP contribution in [0.25, 0.3) is 10.1 Å². The first-order valence-corrected chi connectivity index (χ1v) is 9.54. The molecule has 128 valence electrons. The van der Waals surface area contributed by atoms with E-state index in [2.05, 4.69) is 17.0 Å². The van der Waals surface area contributed by atoms with Gasteiger partial charge in [0.2, 0.25) is 0 Å². The Bertz CT molecular complexity index is 735. The van der Waals surface area contributed by atoms with Gasteiger partial charge in [0.05, 0.1) is 22.1 Å². The second kappa shape index (κ2) is 6.24. The smallest absolute Gasteiger partial charge is 0.309 e. The van der Waals surface area contributed by atoms with Crippen molar-refractivity contribution in [2.75, 3.05) is 19.7 Å². The minimum atomic E-state index is -0.121. The van der Waals surface area contributed by atoms with Gasteiger partial charge in [0.1, 0.15) is 0 Å². The zero-order chi connectivity index (χ0) is 16.7. The average Bonchev–Trinajstić information content (AvgIpc) is 3.25. The molecule has 3 heterocycles. The lowest BCUT2D eigenvalue weighted by Gasteiger charge is -2.30. The van der Waals surface area contributed by atoms with Gasteiger partial charge in [0.15, 0.2) is 0 Å². The SMILES string of the molecule is CCOC(=O)C1CCN(C(=O)c2cc3cn(C4CC4)cc3s2)CC1. The number of esters is 1. The third-order valence-electron chi connectivity index (χ3n) is 4.93. The summed E-state index contributed by atoms with van der Waals surface area (Å²) in [5, 5.41) is 1.16. The predicted molar refractivity (Wildman–Crippen MR) is 93.3 cm³/mol. The van der Waals surface area contributed by atoms with E-state index in [-0.39, 0.29) is 17.8 Å². The van der Waals surface area contributed by atoms with Gasteiger partial charge in [-0.3, -0.25) is 9.59 Å². The van der Waals surface area contributed by atoms with Crippen LogP contribution >= 0.6 is 11.3 Å². The molecule has 1 saturated carbocycles. The van der Waals surface area contributed by atoms with Crippen LogP contribution in [-0.2, 0) is 9.53 Å². The molecule has 0 bridgehead atoms. The van der Waals surface area contributed by atoms with Crippen LogP contribution in [0.1, 0.15) is 48.3 Å². The number of aromatic nitrogens is 1. The first-order valence-electron chi connectivity index (χ1n) is 8.72. The van der Waals surface area contributed by atoms with E-state index in [1.54, 1.807) is 11.3 Å². The van der Waals surface area contributed by atoms with Crippen molar-refractivity contribution in [1.29, 1.82) is 0 Å². The Morgan fingerprint density at radius 2 is 1.96 bits per heavy atom. The molecular weight excluding hydrogens is 324 g/mol. The first-order chi connectivity index (χ1) is 11.7. The van der Waals surface area contributed by atoms with Gasteiger partial charge in [-0.25, -0.2) is 0 Å². The molecule has 2 aromatic rings. The fourth-order valence-electron chi connectivity index (χ4n) is 3.38. The van der Waals surface area contributed by atoms with Gasteiger partial charge in [0.25, 0.3) is 5.91 Å². The van der Waals surface area contributed by atoms with Crippen molar-refractivity contribution in [1.82, 2.24) is 9.47 Å². The van der Waals surface area contributed by atoms with Crippen LogP contribution in [0.4, 0.5) is 0 Å². The van der Waals surface area contributed by atoms with Gasteiger partial charge in [-0.05, 0) is 38.7 Å². The maximum Gasteiger partial charge on any atom is 0.309 e. The van der Waals surface area contributed by atoms with E-state index in [1.165, 1.54) is 17.5 Å². The lowest BCUT2D eigenvalue weighted by Crippen LogP contribution is -2.40. The fraction of sp³-hybridized carbons (Fsp3) is 0.556. The van der Waals surface area contributed by atoms with E-state index in [0.717, 1.165) is 10.3 Å². The fourth-order valence-corrected chi connectivity index (χ4v) is 4.42. The Morgan fingerprint density at radius 1 is 1.21 bits per heavy atom.